The van der Waals surface area contributed by atoms with Crippen molar-refractivity contribution < 1.29 is 28.3 Å². The van der Waals surface area contributed by atoms with Gasteiger partial charge in [0.05, 0.1) is 27.2 Å². The van der Waals surface area contributed by atoms with E-state index in [4.69, 9.17) is 71.6 Å². The maximum atomic E-state index is 6.31. The van der Waals surface area contributed by atoms with Gasteiger partial charge < -0.3 is 38.1 Å². The highest BCUT2D eigenvalue weighted by molar-refractivity contribution is 14.1. The molecule has 0 N–H and O–H groups in total. The van der Waals surface area contributed by atoms with Crippen LogP contribution in [0.5, 0.6) is 0 Å². The first-order valence-corrected chi connectivity index (χ1v) is 50.7. The molecule has 0 radical (unpaired) electrons. The van der Waals surface area contributed by atoms with Crippen LogP contribution < -0.4 is 15.3 Å². The Morgan fingerprint density at radius 3 is 1.28 bits per heavy atom. The summed E-state index contributed by atoms with van der Waals surface area (Å²) in [6, 6.07) is 16.6. The van der Waals surface area contributed by atoms with Gasteiger partial charge in [-0.15, -0.1) is 0 Å². The van der Waals surface area contributed by atoms with E-state index >= 15 is 0 Å². The molecule has 0 aromatic carbocycles. The fourth-order valence-corrected chi connectivity index (χ4v) is 16.8. The smallest absolute Gasteiger partial charge is 0.399 e. The molecular formula is C68H108BCl2IN10O6Si4. The maximum Gasteiger partial charge on any atom is 0.496 e. The van der Waals surface area contributed by atoms with Crippen molar-refractivity contribution in [3.05, 3.63) is 86.4 Å². The topological polar surface area (TPSA) is 148 Å². The highest BCUT2D eigenvalue weighted by atomic mass is 127. The monoisotopic (exact) mass is 1480 g/mol. The molecule has 4 saturated carbocycles. The van der Waals surface area contributed by atoms with Gasteiger partial charge in [0.1, 0.15) is 48.9 Å². The molecular weight excluding hydrogens is 1370 g/mol. The second-order valence-corrected chi connectivity index (χ2v) is 57.3. The molecule has 5 fully saturated rings. The zero-order chi connectivity index (χ0) is 66.4. The van der Waals surface area contributed by atoms with Gasteiger partial charge in [-0.3, -0.25) is 0 Å². The van der Waals surface area contributed by atoms with Gasteiger partial charge in [0.2, 0.25) is 0 Å². The summed E-state index contributed by atoms with van der Waals surface area (Å²) in [5.74, 6) is 6.48. The van der Waals surface area contributed by atoms with E-state index in [1.807, 2.05) is 73.5 Å². The quantitative estimate of drug-likeness (QED) is 0.0167. The Labute approximate surface area is 578 Å². The molecule has 4 aliphatic carbocycles. The largest absolute Gasteiger partial charge is 0.496 e. The molecule has 6 aromatic heterocycles. The molecule has 4 bridgehead atoms. The Kier molecular flexibility index (Phi) is 25.0. The number of hydrogen-bond acceptors (Lipinski definition) is 14. The van der Waals surface area contributed by atoms with Crippen LogP contribution in [0.15, 0.2) is 61.2 Å². The summed E-state index contributed by atoms with van der Waals surface area (Å²) in [5, 5.41) is 10.5. The minimum atomic E-state index is -1.19. The van der Waals surface area contributed by atoms with Crippen LogP contribution >= 0.6 is 45.8 Å². The first kappa shape index (κ1) is 73.4. The first-order chi connectivity index (χ1) is 43.2. The fraction of sp³-hybridized carbons (Fsp3) is 0.676. The average Bonchev–Trinajstić information content (AvgIpc) is 1.27. The molecule has 11 rings (SSSR count). The van der Waals surface area contributed by atoms with Gasteiger partial charge >= 0.3 is 7.12 Å². The van der Waals surface area contributed by atoms with Gasteiger partial charge in [0.25, 0.3) is 0 Å². The molecule has 7 heterocycles. The van der Waals surface area contributed by atoms with Gasteiger partial charge in [0.15, 0.2) is 11.3 Å². The highest BCUT2D eigenvalue weighted by Crippen LogP contribution is 2.50. The number of fused-ring (bicyclic) bond motifs is 6. The van der Waals surface area contributed by atoms with Crippen molar-refractivity contribution in [2.75, 3.05) is 63.2 Å². The average molecular weight is 1480 g/mol. The molecule has 4 atom stereocenters. The third kappa shape index (κ3) is 20.8. The van der Waals surface area contributed by atoms with Crippen molar-refractivity contribution in [2.24, 2.45) is 23.7 Å². The lowest BCUT2D eigenvalue weighted by molar-refractivity contribution is 0.00578. The predicted octanol–water partition coefficient (Wildman–Crippen LogP) is 17.3. The molecule has 0 spiro atoms. The number of hydrogen-bond donors (Lipinski definition) is 0. The first-order valence-electron chi connectivity index (χ1n) is 34.1. The summed E-state index contributed by atoms with van der Waals surface area (Å²) >= 11 is 14.2. The van der Waals surface area contributed by atoms with E-state index in [2.05, 4.69) is 133 Å². The third-order valence-electron chi connectivity index (χ3n) is 19.4. The van der Waals surface area contributed by atoms with Crippen LogP contribution in [0, 0.1) is 27.2 Å². The van der Waals surface area contributed by atoms with Crippen LogP contribution in [0.3, 0.4) is 0 Å². The minimum Gasteiger partial charge on any atom is -0.399 e. The van der Waals surface area contributed by atoms with Gasteiger partial charge in [-0.25, -0.2) is 19.9 Å². The van der Waals surface area contributed by atoms with Crippen LogP contribution in [-0.2, 0) is 28.3 Å². The summed E-state index contributed by atoms with van der Waals surface area (Å²) in [5.41, 5.74) is 6.40. The minimum absolute atomic E-state index is 0.322. The van der Waals surface area contributed by atoms with E-state index in [-0.39, 0.29) is 18.3 Å². The molecule has 24 heteroatoms. The van der Waals surface area contributed by atoms with E-state index in [1.165, 1.54) is 87.7 Å². The van der Waals surface area contributed by atoms with Crippen molar-refractivity contribution in [3.8, 4) is 11.1 Å². The maximum absolute atomic E-state index is 6.31. The standard InChI is InChI=1S/C31H48ClN5O2Si2.C26H45IN4O2Si2.C11H15BClNO2/c1-40(2,3)13-11-38-21-36(22-39-12-14-41(4,5)6)30-18-28(26-16-23-7-8-24(15-23)17-26)35-31-27(20-34-37(30)31)25-9-10-29(32)33-19-25;1-34(2,3)11-9-32-18-30(19-33-10-12-35(4,5)6)25-16-24(29-26-23(27)17-28-31(25)26)22-14-20-7-8-21(13-20)15-22;1-10(2)11(3,4)16-12(15-10)8-5-6-9(13)14-7-8/h9-10,18-20,23-24,26H,7-8,11-17,21-22H2,1-6H3;16-17,20-22H,7-15,18-19H2,1-6H3;5-7H,1-4H3. The number of nitrogens with zero attached hydrogens (tertiary/aromatic N) is 10. The summed E-state index contributed by atoms with van der Waals surface area (Å²) < 4.78 is 41.9. The number of ether oxygens (including phenoxy) is 4. The predicted molar refractivity (Wildman–Crippen MR) is 398 cm³/mol. The number of halogens is 3. The van der Waals surface area contributed by atoms with E-state index in [9.17, 15) is 0 Å². The van der Waals surface area contributed by atoms with Gasteiger partial charge in [-0.1, -0.05) is 134 Å². The summed E-state index contributed by atoms with van der Waals surface area (Å²) in [4.78, 5) is 23.2. The van der Waals surface area contributed by atoms with Crippen molar-refractivity contribution in [3.63, 3.8) is 0 Å². The van der Waals surface area contributed by atoms with Crippen molar-refractivity contribution in [1.29, 1.82) is 0 Å². The summed E-state index contributed by atoms with van der Waals surface area (Å²) in [6.45, 7) is 41.9. The molecule has 0 amide bonds. The lowest BCUT2D eigenvalue weighted by atomic mass is 9.79. The van der Waals surface area contributed by atoms with Gasteiger partial charge in [-0.2, -0.15) is 19.2 Å². The van der Waals surface area contributed by atoms with Crippen LogP contribution in [0.4, 0.5) is 11.6 Å². The molecule has 16 nitrogen and oxygen atoms in total. The number of aromatic nitrogens is 8. The second-order valence-electron chi connectivity index (χ2n) is 32.9. The Hall–Kier alpha value is -2.86. The molecule has 5 aliphatic rings. The second kappa shape index (κ2) is 31.3. The Balaban J connectivity index is 0.000000177. The molecule has 1 saturated heterocycles. The van der Waals surface area contributed by atoms with Crippen LogP contribution in [0.25, 0.3) is 22.4 Å². The summed E-state index contributed by atoms with van der Waals surface area (Å²) in [7, 11) is -5.03. The van der Waals surface area contributed by atoms with E-state index in [0.717, 1.165) is 105 Å². The normalized spacial score (nSPS) is 22.0. The van der Waals surface area contributed by atoms with Crippen molar-refractivity contribution >= 4 is 114 Å². The Bertz CT molecular complexity index is 3260. The van der Waals surface area contributed by atoms with Crippen molar-refractivity contribution in [2.45, 2.75) is 218 Å². The third-order valence-corrected chi connectivity index (χ3v) is 27.5. The van der Waals surface area contributed by atoms with E-state index < -0.39 is 32.3 Å². The van der Waals surface area contributed by atoms with E-state index in [1.54, 1.807) is 12.3 Å². The number of anilines is 2. The van der Waals surface area contributed by atoms with E-state index in [0.29, 0.717) is 49.1 Å². The van der Waals surface area contributed by atoms with Crippen LogP contribution in [0.1, 0.15) is 115 Å². The molecule has 1 aliphatic heterocycles. The Morgan fingerprint density at radius 1 is 0.522 bits per heavy atom. The van der Waals surface area contributed by atoms with Gasteiger partial charge in [0, 0.05) is 123 Å². The molecule has 6 aromatic rings. The number of rotatable bonds is 26. The van der Waals surface area contributed by atoms with Gasteiger partial charge in [-0.05, 0) is 155 Å². The Morgan fingerprint density at radius 2 is 0.902 bits per heavy atom. The molecule has 92 heavy (non-hydrogen) atoms. The lowest BCUT2D eigenvalue weighted by Crippen LogP contribution is -2.41. The molecule has 4 unspecified atom stereocenters. The van der Waals surface area contributed by atoms with Crippen LogP contribution in [-0.4, -0.2) is 143 Å². The van der Waals surface area contributed by atoms with Crippen LogP contribution in [0.2, 0.25) is 113 Å². The lowest BCUT2D eigenvalue weighted by Gasteiger charge is -2.32. The molecule has 506 valence electrons. The van der Waals surface area contributed by atoms with Crippen molar-refractivity contribution in [1.82, 2.24) is 39.2 Å². The zero-order valence-electron chi connectivity index (χ0n) is 58.4. The fourth-order valence-electron chi connectivity index (χ4n) is 13.1. The zero-order valence-corrected chi connectivity index (χ0v) is 66.1. The highest BCUT2D eigenvalue weighted by Gasteiger charge is 2.52. The number of pyridine rings is 2. The summed E-state index contributed by atoms with van der Waals surface area (Å²) in [6.07, 6.45) is 20.7. The SMILES string of the molecule is CC1(C)OB(c2ccc(Cl)nc2)OC1(C)C.C[Si](C)(C)CCOCN(COCC[Si](C)(C)C)c1cc(C2CC3CCC(C3)C2)nc2c(-c3ccc(Cl)nc3)cnn12.C[Si](C)(C)CCOCN(COCC[Si](C)(C)C)c1cc(C2CC3CCC(C3)C2)nc2c(I)cnn12.